The molecule has 10 heteroatoms. The molecule has 3 amide bonds. The molecule has 0 spiro atoms. The number of ether oxygens (including phenoxy) is 1. The van der Waals surface area contributed by atoms with Crippen LogP contribution in [0.5, 0.6) is 5.75 Å². The first-order valence-electron chi connectivity index (χ1n) is 9.33. The Hall–Kier alpha value is -3.15. The fraction of sp³-hybridized carbons (Fsp3) is 0.238. The molecule has 9 nitrogen and oxygen atoms in total. The number of hydrogen-bond acceptors (Lipinski definition) is 5. The van der Waals surface area contributed by atoms with Crippen molar-refractivity contribution in [3.8, 4) is 5.75 Å². The van der Waals surface area contributed by atoms with Crippen molar-refractivity contribution >= 4 is 46.3 Å². The van der Waals surface area contributed by atoms with Gasteiger partial charge in [-0.2, -0.15) is 0 Å². The van der Waals surface area contributed by atoms with Gasteiger partial charge in [-0.3, -0.25) is 14.4 Å². The maximum atomic E-state index is 13.0. The molecule has 31 heavy (non-hydrogen) atoms. The quantitative estimate of drug-likeness (QED) is 0.253. The van der Waals surface area contributed by atoms with Gasteiger partial charge in [0.1, 0.15) is 22.4 Å². The maximum Gasteiger partial charge on any atom is 0.326 e. The van der Waals surface area contributed by atoms with E-state index in [9.17, 15) is 24.3 Å². The molecule has 1 aliphatic heterocycles. The normalized spacial score (nSPS) is 16.0. The summed E-state index contributed by atoms with van der Waals surface area (Å²) in [4.78, 5) is 48.3. The van der Waals surface area contributed by atoms with Crippen molar-refractivity contribution in [3.05, 3.63) is 64.7 Å². The highest BCUT2D eigenvalue weighted by Crippen LogP contribution is 2.45. The fourth-order valence-corrected chi connectivity index (χ4v) is 4.65. The molecule has 162 valence electrons. The molecule has 0 bridgehead atoms. The van der Waals surface area contributed by atoms with Gasteiger partial charge >= 0.3 is 5.97 Å². The first-order valence-corrected chi connectivity index (χ1v) is 10.6. The Morgan fingerprint density at radius 2 is 1.81 bits per heavy atom. The van der Waals surface area contributed by atoms with Gasteiger partial charge < -0.3 is 26.2 Å². The lowest BCUT2D eigenvalue weighted by atomic mass is 10.1. The molecular formula is C21H20IN3O6. The largest absolute Gasteiger partial charge is 0.488 e. The van der Waals surface area contributed by atoms with Crippen molar-refractivity contribution in [2.75, 3.05) is 0 Å². The van der Waals surface area contributed by atoms with Crippen molar-refractivity contribution < 1.29 is 29.0 Å². The van der Waals surface area contributed by atoms with Crippen molar-refractivity contribution in [2.45, 2.75) is 29.5 Å². The molecule has 3 rings (SSSR count). The zero-order valence-electron chi connectivity index (χ0n) is 16.3. The van der Waals surface area contributed by atoms with E-state index in [1.54, 1.807) is 42.5 Å². The maximum absolute atomic E-state index is 13.0. The number of rotatable bonds is 9. The van der Waals surface area contributed by atoms with Gasteiger partial charge in [0.05, 0.1) is 0 Å². The predicted molar refractivity (Wildman–Crippen MR) is 119 cm³/mol. The number of alkyl halides is 1. The SMILES string of the molecule is NC(=O)CCC(C(=O)O)N1C(=O)c2cccc(OCc3ccc(C(N)=O)cc3)c2C1I. The Balaban J connectivity index is 1.83. The highest BCUT2D eigenvalue weighted by atomic mass is 127. The third-order valence-electron chi connectivity index (χ3n) is 4.93. The van der Waals surface area contributed by atoms with Crippen molar-refractivity contribution in [2.24, 2.45) is 11.5 Å². The molecule has 2 aromatic rings. The van der Waals surface area contributed by atoms with Crippen LogP contribution in [0.4, 0.5) is 0 Å². The molecule has 1 aliphatic rings. The number of amides is 3. The fourth-order valence-electron chi connectivity index (χ4n) is 3.37. The summed E-state index contributed by atoms with van der Waals surface area (Å²) < 4.78 is 5.32. The number of carbonyl (C=O) groups is 4. The minimum absolute atomic E-state index is 0.0771. The third-order valence-corrected chi connectivity index (χ3v) is 6.15. The number of carboxylic acids is 1. The number of halogens is 1. The number of carboxylic acid groups (broad SMARTS) is 1. The summed E-state index contributed by atoms with van der Waals surface area (Å²) in [5.41, 5.74) is 12.5. The zero-order chi connectivity index (χ0) is 22.7. The van der Waals surface area contributed by atoms with E-state index < -0.39 is 33.8 Å². The Bertz CT molecular complexity index is 1040. The van der Waals surface area contributed by atoms with Gasteiger partial charge in [0.25, 0.3) is 5.91 Å². The number of carbonyl (C=O) groups excluding carboxylic acids is 3. The molecular weight excluding hydrogens is 517 g/mol. The van der Waals surface area contributed by atoms with Crippen LogP contribution in [-0.4, -0.2) is 39.7 Å². The smallest absolute Gasteiger partial charge is 0.326 e. The summed E-state index contributed by atoms with van der Waals surface area (Å²) in [5.74, 6) is -2.36. The van der Waals surface area contributed by atoms with Gasteiger partial charge in [0.2, 0.25) is 11.8 Å². The molecule has 0 aliphatic carbocycles. The van der Waals surface area contributed by atoms with E-state index in [0.29, 0.717) is 22.4 Å². The van der Waals surface area contributed by atoms with E-state index in [-0.39, 0.29) is 19.4 Å². The van der Waals surface area contributed by atoms with E-state index in [2.05, 4.69) is 0 Å². The molecule has 0 saturated carbocycles. The summed E-state index contributed by atoms with van der Waals surface area (Å²) in [7, 11) is 0. The van der Waals surface area contributed by atoms with Crippen LogP contribution in [0.25, 0.3) is 0 Å². The molecule has 0 fully saturated rings. The van der Waals surface area contributed by atoms with E-state index in [1.165, 1.54) is 4.90 Å². The molecule has 2 atom stereocenters. The topological polar surface area (TPSA) is 153 Å². The Labute approximate surface area is 191 Å². The summed E-state index contributed by atoms with van der Waals surface area (Å²) in [5, 5.41) is 9.63. The molecule has 2 unspecified atom stereocenters. The van der Waals surface area contributed by atoms with Crippen molar-refractivity contribution in [1.29, 1.82) is 0 Å². The van der Waals surface area contributed by atoms with Gasteiger partial charge in [-0.25, -0.2) is 4.79 Å². The van der Waals surface area contributed by atoms with E-state index in [1.807, 2.05) is 22.6 Å². The minimum atomic E-state index is -1.21. The monoisotopic (exact) mass is 537 g/mol. The zero-order valence-corrected chi connectivity index (χ0v) is 18.4. The molecule has 5 N–H and O–H groups in total. The van der Waals surface area contributed by atoms with Gasteiger partial charge in [-0.1, -0.05) is 40.8 Å². The minimum Gasteiger partial charge on any atom is -0.488 e. The molecule has 0 aromatic heterocycles. The van der Waals surface area contributed by atoms with E-state index >= 15 is 0 Å². The second-order valence-corrected chi connectivity index (χ2v) is 8.15. The van der Waals surface area contributed by atoms with Crippen LogP contribution in [0.3, 0.4) is 0 Å². The van der Waals surface area contributed by atoms with Crippen LogP contribution in [0.2, 0.25) is 0 Å². The van der Waals surface area contributed by atoms with Crippen LogP contribution >= 0.6 is 22.6 Å². The number of hydrogen-bond donors (Lipinski definition) is 3. The van der Waals surface area contributed by atoms with Crippen molar-refractivity contribution in [3.63, 3.8) is 0 Å². The number of nitrogens with zero attached hydrogens (tertiary/aromatic N) is 1. The number of fused-ring (bicyclic) bond motifs is 1. The number of nitrogens with two attached hydrogens (primary N) is 2. The van der Waals surface area contributed by atoms with Gasteiger partial charge in [-0.05, 0) is 36.2 Å². The summed E-state index contributed by atoms with van der Waals surface area (Å²) in [6.07, 6.45) is -0.225. The molecule has 0 saturated heterocycles. The van der Waals surface area contributed by atoms with Crippen LogP contribution in [0.15, 0.2) is 42.5 Å². The van der Waals surface area contributed by atoms with Crippen LogP contribution < -0.4 is 16.2 Å². The highest BCUT2D eigenvalue weighted by molar-refractivity contribution is 14.1. The van der Waals surface area contributed by atoms with Gasteiger partial charge in [0, 0.05) is 23.1 Å². The van der Waals surface area contributed by atoms with Crippen LogP contribution in [0.1, 0.15) is 48.7 Å². The number of primary amides is 2. The lowest BCUT2D eigenvalue weighted by molar-refractivity contribution is -0.142. The summed E-state index contributed by atoms with van der Waals surface area (Å²) in [6.45, 7) is 0.178. The standard InChI is InChI=1S/C21H20IN3O6/c22-18-17-13(20(28)25(18)14(21(29)30)8-9-16(23)26)2-1-3-15(17)31-10-11-4-6-12(7-5-11)19(24)27/h1-7,14,18H,8-10H2,(H2,23,26)(H2,24,27)(H,29,30). The summed E-state index contributed by atoms with van der Waals surface area (Å²) >= 11 is 1.99. The van der Waals surface area contributed by atoms with Crippen LogP contribution in [0, 0.1) is 0 Å². The average Bonchev–Trinajstić information content (AvgIpc) is 2.98. The lowest BCUT2D eigenvalue weighted by Gasteiger charge is -2.28. The average molecular weight is 537 g/mol. The molecule has 2 aromatic carbocycles. The molecule has 1 heterocycles. The predicted octanol–water partition coefficient (Wildman–Crippen LogP) is 1.97. The van der Waals surface area contributed by atoms with Gasteiger partial charge in [0.15, 0.2) is 0 Å². The number of aliphatic carboxylic acids is 1. The third kappa shape index (κ3) is 4.79. The van der Waals surface area contributed by atoms with Crippen LogP contribution in [-0.2, 0) is 16.2 Å². The van der Waals surface area contributed by atoms with Crippen molar-refractivity contribution in [1.82, 2.24) is 4.90 Å². The summed E-state index contributed by atoms with van der Waals surface area (Å²) in [6, 6.07) is 10.4. The van der Waals surface area contributed by atoms with E-state index in [0.717, 1.165) is 5.56 Å². The second-order valence-electron chi connectivity index (χ2n) is 6.97. The first-order chi connectivity index (χ1) is 14.7. The Kier molecular flexibility index (Phi) is 6.78. The van der Waals surface area contributed by atoms with Gasteiger partial charge in [-0.15, -0.1) is 0 Å². The Morgan fingerprint density at radius 3 is 2.39 bits per heavy atom. The lowest BCUT2D eigenvalue weighted by Crippen LogP contribution is -2.42. The first kappa shape index (κ1) is 22.5. The van der Waals surface area contributed by atoms with E-state index in [4.69, 9.17) is 16.2 Å². The second kappa shape index (κ2) is 9.33. The number of benzene rings is 2. The highest BCUT2D eigenvalue weighted by Gasteiger charge is 2.43. The molecule has 0 radical (unpaired) electrons. The Morgan fingerprint density at radius 1 is 1.13 bits per heavy atom.